The summed E-state index contributed by atoms with van der Waals surface area (Å²) in [5, 5.41) is 0. The van der Waals surface area contributed by atoms with Crippen LogP contribution in [0.15, 0.2) is 12.2 Å². The Morgan fingerprint density at radius 3 is 2.14 bits per heavy atom. The van der Waals surface area contributed by atoms with E-state index in [1.165, 1.54) is 32.1 Å². The highest BCUT2D eigenvalue weighted by Crippen LogP contribution is 2.28. The molecule has 4 nitrogen and oxygen atoms in total. The molecule has 0 fully saturated rings. The zero-order chi connectivity index (χ0) is 17.0. The Hall–Kier alpha value is -0.870. The molecule has 1 atom stereocenters. The van der Waals surface area contributed by atoms with Gasteiger partial charge in [0.15, 0.2) is 5.79 Å². The van der Waals surface area contributed by atoms with Gasteiger partial charge < -0.3 is 14.2 Å². The summed E-state index contributed by atoms with van der Waals surface area (Å²) in [5.74, 6) is -1.09. The minimum absolute atomic E-state index is 0.0111. The van der Waals surface area contributed by atoms with Crippen LogP contribution < -0.4 is 0 Å². The third kappa shape index (κ3) is 7.95. The molecule has 0 saturated carbocycles. The summed E-state index contributed by atoms with van der Waals surface area (Å²) in [7, 11) is 3.25. The molecule has 0 bridgehead atoms. The van der Waals surface area contributed by atoms with Crippen LogP contribution in [0.1, 0.15) is 65.7 Å². The number of esters is 1. The number of hydrogen-bond acceptors (Lipinski definition) is 4. The van der Waals surface area contributed by atoms with E-state index in [4.69, 9.17) is 14.2 Å². The maximum Gasteiger partial charge on any atom is 0.333 e. The molecule has 0 rings (SSSR count). The van der Waals surface area contributed by atoms with Crippen molar-refractivity contribution < 1.29 is 19.0 Å². The quantitative estimate of drug-likeness (QED) is 0.217. The van der Waals surface area contributed by atoms with E-state index in [-0.39, 0.29) is 11.9 Å². The minimum Gasteiger partial charge on any atom is -0.462 e. The molecule has 0 aliphatic carbocycles. The molecule has 0 aromatic carbocycles. The second-order valence-corrected chi connectivity index (χ2v) is 6.06. The van der Waals surface area contributed by atoms with Crippen molar-refractivity contribution >= 4 is 5.97 Å². The lowest BCUT2D eigenvalue weighted by Crippen LogP contribution is -2.41. The van der Waals surface area contributed by atoms with E-state index < -0.39 is 5.79 Å². The number of methoxy groups -OCH3 is 2. The Balaban J connectivity index is 4.41. The van der Waals surface area contributed by atoms with Gasteiger partial charge in [-0.05, 0) is 20.3 Å². The molecule has 0 heterocycles. The van der Waals surface area contributed by atoms with Gasteiger partial charge in [-0.2, -0.15) is 0 Å². The van der Waals surface area contributed by atoms with Gasteiger partial charge in [0.05, 0.1) is 6.61 Å². The first-order valence-corrected chi connectivity index (χ1v) is 8.34. The van der Waals surface area contributed by atoms with Crippen molar-refractivity contribution in [1.82, 2.24) is 0 Å². The summed E-state index contributed by atoms with van der Waals surface area (Å²) < 4.78 is 16.3. The van der Waals surface area contributed by atoms with Crippen LogP contribution in [-0.2, 0) is 19.0 Å². The van der Waals surface area contributed by atoms with E-state index in [2.05, 4.69) is 13.5 Å². The molecule has 0 amide bonds. The first kappa shape index (κ1) is 21.1. The van der Waals surface area contributed by atoms with E-state index in [0.29, 0.717) is 12.2 Å². The van der Waals surface area contributed by atoms with E-state index >= 15 is 0 Å². The maximum atomic E-state index is 11.6. The van der Waals surface area contributed by atoms with Gasteiger partial charge in [0, 0.05) is 25.7 Å². The monoisotopic (exact) mass is 314 g/mol. The standard InChI is InChI=1S/C18H34O4/c1-7-8-9-10-11-12-13-16(18(4,20-5)21-6)14-22-17(19)15(2)3/h16H,2,7-14H2,1,3-6H3. The van der Waals surface area contributed by atoms with Gasteiger partial charge in [0.25, 0.3) is 0 Å². The summed E-state index contributed by atoms with van der Waals surface area (Å²) in [6, 6.07) is 0. The third-order valence-corrected chi connectivity index (χ3v) is 4.22. The maximum absolute atomic E-state index is 11.6. The van der Waals surface area contributed by atoms with Crippen molar-refractivity contribution in [2.24, 2.45) is 5.92 Å². The Labute approximate surface area is 136 Å². The average molecular weight is 314 g/mol. The van der Waals surface area contributed by atoms with Gasteiger partial charge in [0.1, 0.15) is 0 Å². The van der Waals surface area contributed by atoms with Crippen molar-refractivity contribution in [3.63, 3.8) is 0 Å². The molecule has 0 aliphatic heterocycles. The molecule has 130 valence electrons. The van der Waals surface area contributed by atoms with Crippen LogP contribution in [0.5, 0.6) is 0 Å². The Kier molecular flexibility index (Phi) is 11.2. The van der Waals surface area contributed by atoms with Crippen LogP contribution in [0.4, 0.5) is 0 Å². The highest BCUT2D eigenvalue weighted by Gasteiger charge is 2.35. The predicted molar refractivity (Wildman–Crippen MR) is 89.7 cm³/mol. The fourth-order valence-electron chi connectivity index (χ4n) is 2.38. The van der Waals surface area contributed by atoms with Crippen LogP contribution in [-0.4, -0.2) is 32.6 Å². The van der Waals surface area contributed by atoms with Crippen molar-refractivity contribution in [1.29, 1.82) is 0 Å². The van der Waals surface area contributed by atoms with Crippen molar-refractivity contribution in [2.75, 3.05) is 20.8 Å². The number of unbranched alkanes of at least 4 members (excludes halogenated alkanes) is 5. The summed E-state index contributed by atoms with van der Waals surface area (Å²) in [6.45, 7) is 9.65. The Morgan fingerprint density at radius 1 is 1.09 bits per heavy atom. The molecule has 1 unspecified atom stereocenters. The zero-order valence-electron chi connectivity index (χ0n) is 15.1. The fraction of sp³-hybridized carbons (Fsp3) is 0.833. The molecule has 0 aromatic heterocycles. The second kappa shape index (κ2) is 11.7. The largest absolute Gasteiger partial charge is 0.462 e. The van der Waals surface area contributed by atoms with Crippen molar-refractivity contribution in [2.45, 2.75) is 71.5 Å². The Bertz CT molecular complexity index is 321. The number of carbonyl (C=O) groups is 1. The topological polar surface area (TPSA) is 44.8 Å². The lowest BCUT2D eigenvalue weighted by atomic mass is 9.93. The van der Waals surface area contributed by atoms with Gasteiger partial charge in [-0.1, -0.05) is 52.0 Å². The zero-order valence-corrected chi connectivity index (χ0v) is 15.1. The van der Waals surface area contributed by atoms with Gasteiger partial charge in [-0.15, -0.1) is 0 Å². The summed E-state index contributed by atoms with van der Waals surface area (Å²) in [6.07, 6.45) is 8.28. The van der Waals surface area contributed by atoms with E-state index in [9.17, 15) is 4.79 Å². The summed E-state index contributed by atoms with van der Waals surface area (Å²) >= 11 is 0. The molecular formula is C18H34O4. The molecular weight excluding hydrogens is 280 g/mol. The first-order valence-electron chi connectivity index (χ1n) is 8.34. The van der Waals surface area contributed by atoms with Gasteiger partial charge in [0.2, 0.25) is 0 Å². The smallest absolute Gasteiger partial charge is 0.333 e. The number of hydrogen-bond donors (Lipinski definition) is 0. The van der Waals surface area contributed by atoms with Gasteiger partial charge >= 0.3 is 5.97 Å². The van der Waals surface area contributed by atoms with E-state index in [1.807, 2.05) is 6.92 Å². The SMILES string of the molecule is C=C(C)C(=O)OCC(CCCCCCCC)C(C)(OC)OC. The van der Waals surface area contributed by atoms with E-state index in [1.54, 1.807) is 21.1 Å². The average Bonchev–Trinajstić information content (AvgIpc) is 2.52. The van der Waals surface area contributed by atoms with Crippen LogP contribution in [0, 0.1) is 5.92 Å². The van der Waals surface area contributed by atoms with Gasteiger partial charge in [-0.3, -0.25) is 0 Å². The molecule has 0 spiro atoms. The third-order valence-electron chi connectivity index (χ3n) is 4.22. The normalized spacial score (nSPS) is 13.0. The molecule has 0 aliphatic rings. The van der Waals surface area contributed by atoms with Crippen LogP contribution in [0.25, 0.3) is 0 Å². The second-order valence-electron chi connectivity index (χ2n) is 6.06. The lowest BCUT2D eigenvalue weighted by Gasteiger charge is -2.34. The molecule has 0 radical (unpaired) electrons. The predicted octanol–water partition coefficient (Wildman–Crippen LogP) is 4.48. The van der Waals surface area contributed by atoms with Crippen LogP contribution >= 0.6 is 0 Å². The highest BCUT2D eigenvalue weighted by atomic mass is 16.7. The molecule has 4 heteroatoms. The molecule has 0 saturated heterocycles. The van der Waals surface area contributed by atoms with Crippen LogP contribution in [0.2, 0.25) is 0 Å². The number of carbonyl (C=O) groups excluding carboxylic acids is 1. The van der Waals surface area contributed by atoms with E-state index in [0.717, 1.165) is 12.8 Å². The van der Waals surface area contributed by atoms with Crippen LogP contribution in [0.3, 0.4) is 0 Å². The Morgan fingerprint density at radius 2 is 1.64 bits per heavy atom. The lowest BCUT2D eigenvalue weighted by molar-refractivity contribution is -0.236. The molecule has 22 heavy (non-hydrogen) atoms. The first-order chi connectivity index (χ1) is 10.4. The summed E-state index contributed by atoms with van der Waals surface area (Å²) in [5.41, 5.74) is 0.412. The van der Waals surface area contributed by atoms with Gasteiger partial charge in [-0.25, -0.2) is 4.79 Å². The number of ether oxygens (including phenoxy) is 3. The van der Waals surface area contributed by atoms with Crippen molar-refractivity contribution in [3.05, 3.63) is 12.2 Å². The summed E-state index contributed by atoms with van der Waals surface area (Å²) in [4.78, 5) is 11.6. The highest BCUT2D eigenvalue weighted by molar-refractivity contribution is 5.86. The molecule has 0 N–H and O–H groups in total. The minimum atomic E-state index is -0.737. The fourth-order valence-corrected chi connectivity index (χ4v) is 2.38. The molecule has 0 aromatic rings. The van der Waals surface area contributed by atoms with Crippen molar-refractivity contribution in [3.8, 4) is 0 Å². The number of rotatable bonds is 13.